The van der Waals surface area contributed by atoms with E-state index in [1.807, 2.05) is 0 Å². The number of rotatable bonds is 2. The quantitative estimate of drug-likeness (QED) is 0.535. The van der Waals surface area contributed by atoms with Crippen LogP contribution in [-0.4, -0.2) is 90.5 Å². The molecule has 0 atom stereocenters. The van der Waals surface area contributed by atoms with Crippen LogP contribution in [0, 0.1) is 0 Å². The van der Waals surface area contributed by atoms with Gasteiger partial charge in [-0.15, -0.1) is 0 Å². The zero-order chi connectivity index (χ0) is 13.6. The molecule has 0 unspecified atom stereocenters. The van der Waals surface area contributed by atoms with Crippen LogP contribution in [0.15, 0.2) is 46.2 Å². The number of hydrogen-bond donors (Lipinski definition) is 2. The maximum absolute atomic E-state index is 11.2. The summed E-state index contributed by atoms with van der Waals surface area (Å²) in [6.45, 7) is 0. The summed E-state index contributed by atoms with van der Waals surface area (Å²) in [6.07, 6.45) is 0. The van der Waals surface area contributed by atoms with E-state index in [-0.39, 0.29) is 75.4 Å². The molecule has 0 fully saturated rings. The molecule has 21 heavy (non-hydrogen) atoms. The van der Waals surface area contributed by atoms with E-state index in [0.29, 0.717) is 0 Å². The van der Waals surface area contributed by atoms with E-state index in [2.05, 4.69) is 0 Å². The molecule has 0 heterocycles. The van der Waals surface area contributed by atoms with Crippen molar-refractivity contribution < 1.29 is 31.4 Å². The summed E-state index contributed by atoms with van der Waals surface area (Å²) in [5.41, 5.74) is 0. The van der Waals surface area contributed by atoms with Crippen molar-refractivity contribution in [2.24, 2.45) is 0 Å². The molecule has 0 aliphatic rings. The molecular weight excluding hydrogens is 342 g/mol. The minimum atomic E-state index is -4.47. The molecule has 11 heteroatoms. The molecule has 0 aliphatic carbocycles. The molecule has 7 nitrogen and oxygen atoms in total. The molecule has 0 bridgehead atoms. The maximum atomic E-state index is 11.2. The van der Waals surface area contributed by atoms with Gasteiger partial charge in [0.25, 0.3) is 20.2 Å². The van der Waals surface area contributed by atoms with Crippen LogP contribution in [0.5, 0.6) is 0 Å². The van der Waals surface area contributed by atoms with Crippen molar-refractivity contribution in [3.05, 3.63) is 36.4 Å². The second-order valence-corrected chi connectivity index (χ2v) is 6.34. The Morgan fingerprint density at radius 1 is 0.667 bits per heavy atom. The van der Waals surface area contributed by atoms with E-state index in [1.165, 1.54) is 24.3 Å². The first kappa shape index (κ1) is 23.7. The van der Waals surface area contributed by atoms with Crippen molar-refractivity contribution in [2.45, 2.75) is 9.79 Å². The van der Waals surface area contributed by atoms with Gasteiger partial charge in [-0.05, 0) is 12.1 Å². The molecule has 0 radical (unpaired) electrons. The van der Waals surface area contributed by atoms with Crippen molar-refractivity contribution in [2.75, 3.05) is 0 Å². The molecule has 0 saturated heterocycles. The van der Waals surface area contributed by atoms with Gasteiger partial charge in [-0.1, -0.05) is 24.3 Å². The van der Waals surface area contributed by atoms with Crippen LogP contribution < -0.4 is 0 Å². The van der Waals surface area contributed by atoms with Crippen LogP contribution in [-0.2, 0) is 20.2 Å². The van der Waals surface area contributed by atoms with Gasteiger partial charge in [0, 0.05) is 10.8 Å². The number of benzene rings is 2. The van der Waals surface area contributed by atoms with Crippen LogP contribution in [0.25, 0.3) is 10.8 Å². The topological polar surface area (TPSA) is 140 Å². The SMILES string of the molecule is O.O=S(=O)(O)c1cccc2c(S(=O)(=O)O)cccc12.[NaH].[NaH]. The van der Waals surface area contributed by atoms with E-state index in [4.69, 9.17) is 9.11 Å². The van der Waals surface area contributed by atoms with Gasteiger partial charge in [-0.3, -0.25) is 9.11 Å². The van der Waals surface area contributed by atoms with E-state index < -0.39 is 30.0 Å². The zero-order valence-electron chi connectivity index (χ0n) is 9.31. The van der Waals surface area contributed by atoms with Crippen LogP contribution >= 0.6 is 0 Å². The summed E-state index contributed by atoms with van der Waals surface area (Å²) in [5, 5.41) is 0.0465. The van der Waals surface area contributed by atoms with Crippen molar-refractivity contribution in [1.29, 1.82) is 0 Å². The normalized spacial score (nSPS) is 11.0. The molecule has 2 aromatic rings. The first-order valence-electron chi connectivity index (χ1n) is 4.68. The third-order valence-electron chi connectivity index (χ3n) is 2.40. The third kappa shape index (κ3) is 5.26. The summed E-state index contributed by atoms with van der Waals surface area (Å²) in [5.74, 6) is 0. The molecule has 4 N–H and O–H groups in total. The second-order valence-electron chi connectivity index (χ2n) is 3.56. The standard InChI is InChI=1S/C10H8O6S2.2Na.H2O.2H/c11-17(12,13)9-5-1-3-7-8(9)4-2-6-10(7)18(14,15)16;;;;;/h1-6H,(H,11,12,13)(H,14,15,16);;;1H2;;. The molecule has 0 aliphatic heterocycles. The van der Waals surface area contributed by atoms with Crippen LogP contribution in [0.4, 0.5) is 0 Å². The van der Waals surface area contributed by atoms with Crippen molar-refractivity contribution in [3.8, 4) is 0 Å². The molecule has 0 amide bonds. The third-order valence-corrected chi connectivity index (χ3v) is 4.22. The Balaban J connectivity index is 0. The van der Waals surface area contributed by atoms with E-state index in [9.17, 15) is 16.8 Å². The summed E-state index contributed by atoms with van der Waals surface area (Å²) in [7, 11) is -8.94. The Bertz CT molecular complexity index is 760. The van der Waals surface area contributed by atoms with Gasteiger partial charge < -0.3 is 5.48 Å². The van der Waals surface area contributed by atoms with Crippen molar-refractivity contribution in [1.82, 2.24) is 0 Å². The fraction of sp³-hybridized carbons (Fsp3) is 0. The van der Waals surface area contributed by atoms with Gasteiger partial charge in [0.2, 0.25) is 0 Å². The Labute approximate surface area is 166 Å². The molecule has 0 spiro atoms. The van der Waals surface area contributed by atoms with Gasteiger partial charge in [0.1, 0.15) is 9.79 Å². The molecular formula is C10H12Na2O7S2. The monoisotopic (exact) mass is 354 g/mol. The van der Waals surface area contributed by atoms with E-state index in [1.54, 1.807) is 0 Å². The first-order valence-corrected chi connectivity index (χ1v) is 7.56. The molecule has 0 aromatic heterocycles. The van der Waals surface area contributed by atoms with Crippen LogP contribution in [0.2, 0.25) is 0 Å². The fourth-order valence-electron chi connectivity index (χ4n) is 1.70. The summed E-state index contributed by atoms with van der Waals surface area (Å²) >= 11 is 0. The molecule has 108 valence electrons. The summed E-state index contributed by atoms with van der Waals surface area (Å²) < 4.78 is 62.7. The number of hydrogen-bond acceptors (Lipinski definition) is 4. The predicted octanol–water partition coefficient (Wildman–Crippen LogP) is -0.788. The van der Waals surface area contributed by atoms with E-state index in [0.717, 1.165) is 12.1 Å². The van der Waals surface area contributed by atoms with Gasteiger partial charge >= 0.3 is 59.1 Å². The van der Waals surface area contributed by atoms with Gasteiger partial charge in [0.15, 0.2) is 0 Å². The number of fused-ring (bicyclic) bond motifs is 1. The van der Waals surface area contributed by atoms with Crippen molar-refractivity contribution in [3.63, 3.8) is 0 Å². The van der Waals surface area contributed by atoms with Gasteiger partial charge in [-0.25, -0.2) is 0 Å². The predicted molar refractivity (Wildman–Crippen MR) is 81.5 cm³/mol. The Morgan fingerprint density at radius 2 is 0.952 bits per heavy atom. The van der Waals surface area contributed by atoms with Gasteiger partial charge in [-0.2, -0.15) is 16.8 Å². The summed E-state index contributed by atoms with van der Waals surface area (Å²) in [4.78, 5) is -0.823. The fourth-order valence-corrected chi connectivity index (χ4v) is 3.12. The van der Waals surface area contributed by atoms with Gasteiger partial charge in [0.05, 0.1) is 0 Å². The van der Waals surface area contributed by atoms with Crippen LogP contribution in [0.1, 0.15) is 0 Å². The van der Waals surface area contributed by atoms with Crippen molar-refractivity contribution >= 4 is 90.1 Å². The zero-order valence-corrected chi connectivity index (χ0v) is 10.9. The Morgan fingerprint density at radius 3 is 1.19 bits per heavy atom. The Hall–Kier alpha value is 0.480. The molecule has 2 rings (SSSR count). The average Bonchev–Trinajstić information content (AvgIpc) is 2.24. The minimum absolute atomic E-state index is 0. The summed E-state index contributed by atoms with van der Waals surface area (Å²) in [6, 6.07) is 7.53. The van der Waals surface area contributed by atoms with E-state index >= 15 is 0 Å². The first-order chi connectivity index (χ1) is 8.21. The molecule has 0 saturated carbocycles. The van der Waals surface area contributed by atoms with Crippen LogP contribution in [0.3, 0.4) is 0 Å². The molecule has 2 aromatic carbocycles. The second kappa shape index (κ2) is 8.37. The average molecular weight is 354 g/mol. The Kier molecular flexibility index (Phi) is 9.46.